The highest BCUT2D eigenvalue weighted by Gasteiger charge is 2.21. The summed E-state index contributed by atoms with van der Waals surface area (Å²) in [5.41, 5.74) is 13.4. The molecule has 0 atom stereocenters. The van der Waals surface area contributed by atoms with Crippen LogP contribution in [-0.4, -0.2) is 0 Å². The summed E-state index contributed by atoms with van der Waals surface area (Å²) in [6.07, 6.45) is 0. The molecular weight excluding hydrogens is 651 g/mol. The van der Waals surface area contributed by atoms with Gasteiger partial charge in [0, 0.05) is 30.9 Å². The van der Waals surface area contributed by atoms with E-state index in [1.807, 2.05) is 47.7 Å². The quantitative estimate of drug-likeness (QED) is 0.182. The van der Waals surface area contributed by atoms with Gasteiger partial charge in [0.15, 0.2) is 0 Å². The lowest BCUT2D eigenvalue weighted by atomic mass is 9.84. The van der Waals surface area contributed by atoms with Crippen LogP contribution in [-0.2, 0) is 0 Å². The summed E-state index contributed by atoms with van der Waals surface area (Å²) in [6, 6.07) is 64.5. The second kappa shape index (κ2) is 12.2. The van der Waals surface area contributed by atoms with Gasteiger partial charge in [0.25, 0.3) is 0 Å². The zero-order valence-corrected chi connectivity index (χ0v) is 28.8. The van der Waals surface area contributed by atoms with Crippen molar-refractivity contribution in [2.24, 2.45) is 0 Å². The van der Waals surface area contributed by atoms with Crippen LogP contribution in [0.4, 0.5) is 0 Å². The second-order valence-electron chi connectivity index (χ2n) is 13.1. The summed E-state index contributed by atoms with van der Waals surface area (Å²) in [5.74, 6) is 0. The minimum absolute atomic E-state index is 0.652. The van der Waals surface area contributed by atoms with Gasteiger partial charge in [0.2, 0.25) is 0 Å². The molecule has 3 heteroatoms. The van der Waals surface area contributed by atoms with Gasteiger partial charge in [-0.15, -0.1) is 11.3 Å². The van der Waals surface area contributed by atoms with Gasteiger partial charge in [0.1, 0.15) is 11.2 Å². The highest BCUT2D eigenvalue weighted by Crippen LogP contribution is 2.47. The molecule has 8 aromatic carbocycles. The van der Waals surface area contributed by atoms with Gasteiger partial charge in [-0.25, -0.2) is 0 Å². The normalized spacial score (nSPS) is 11.4. The summed E-state index contributed by atoms with van der Waals surface area (Å²) in [5, 5.41) is 14.9. The zero-order valence-electron chi connectivity index (χ0n) is 28.0. The minimum Gasteiger partial charge on any atom is -0.456 e. The first kappa shape index (κ1) is 30.1. The molecule has 10 rings (SSSR count). The molecule has 0 N–H and O–H groups in total. The molecule has 0 spiro atoms. The van der Waals surface area contributed by atoms with Crippen molar-refractivity contribution in [1.82, 2.24) is 0 Å². The second-order valence-corrected chi connectivity index (χ2v) is 14.2. The maximum Gasteiger partial charge on any atom is 0.135 e. The van der Waals surface area contributed by atoms with E-state index in [1.54, 1.807) is 0 Å². The standard InChI is InChI=1S/C49H29NOS/c50-30-33-14-4-5-15-37(33)35-26-34(31-12-2-1-3-13-31)27-36(28-35)48-38(32-24-25-45-43(29-32)39-16-6-8-21-44(39)51-45)18-10-19-40(48)41-20-11-23-47-49(41)42-17-7-9-22-46(42)52-47/h1-29H. The lowest BCUT2D eigenvalue weighted by Gasteiger charge is -2.19. The maximum atomic E-state index is 10.2. The highest BCUT2D eigenvalue weighted by molar-refractivity contribution is 7.25. The van der Waals surface area contributed by atoms with E-state index in [1.165, 1.54) is 25.7 Å². The van der Waals surface area contributed by atoms with Gasteiger partial charge in [-0.1, -0.05) is 121 Å². The van der Waals surface area contributed by atoms with Crippen LogP contribution in [0.3, 0.4) is 0 Å². The molecule has 242 valence electrons. The number of furan rings is 1. The van der Waals surface area contributed by atoms with E-state index in [0.29, 0.717) is 5.56 Å². The third-order valence-corrected chi connectivity index (χ3v) is 11.3. The van der Waals surface area contributed by atoms with Crippen LogP contribution >= 0.6 is 11.3 Å². The maximum absolute atomic E-state index is 10.2. The van der Waals surface area contributed by atoms with Gasteiger partial charge >= 0.3 is 0 Å². The Balaban J connectivity index is 1.32. The SMILES string of the molecule is N#Cc1ccccc1-c1cc(-c2ccccc2)cc(-c2c(-c3ccc4oc5ccccc5c4c3)cccc2-c2cccc3sc4ccccc4c23)c1. The average molecular weight is 680 g/mol. The van der Waals surface area contributed by atoms with E-state index >= 15 is 0 Å². The number of benzene rings is 8. The third kappa shape index (κ3) is 4.93. The molecule has 0 bridgehead atoms. The van der Waals surface area contributed by atoms with E-state index in [4.69, 9.17) is 4.42 Å². The zero-order chi connectivity index (χ0) is 34.6. The van der Waals surface area contributed by atoms with Crippen LogP contribution in [0, 0.1) is 11.3 Å². The van der Waals surface area contributed by atoms with Crippen molar-refractivity contribution < 1.29 is 4.42 Å². The molecule has 2 aromatic heterocycles. The molecule has 52 heavy (non-hydrogen) atoms. The Morgan fingerprint density at radius 1 is 0.404 bits per heavy atom. The van der Waals surface area contributed by atoms with Gasteiger partial charge in [0.05, 0.1) is 11.6 Å². The van der Waals surface area contributed by atoms with Gasteiger partial charge in [-0.05, 0) is 110 Å². The largest absolute Gasteiger partial charge is 0.456 e. The molecule has 0 aliphatic heterocycles. The number of nitrogens with zero attached hydrogens (tertiary/aromatic N) is 1. The van der Waals surface area contributed by atoms with Gasteiger partial charge in [-0.3, -0.25) is 0 Å². The third-order valence-electron chi connectivity index (χ3n) is 10.1. The van der Waals surface area contributed by atoms with Crippen molar-refractivity contribution in [3.05, 3.63) is 181 Å². The number of thiophene rings is 1. The Kier molecular flexibility index (Phi) is 7.09. The molecule has 0 saturated heterocycles. The Morgan fingerprint density at radius 2 is 1.06 bits per heavy atom. The van der Waals surface area contributed by atoms with Crippen LogP contribution in [0.15, 0.2) is 180 Å². The smallest absolute Gasteiger partial charge is 0.135 e. The first-order valence-corrected chi connectivity index (χ1v) is 18.2. The topological polar surface area (TPSA) is 36.9 Å². The Bertz CT molecular complexity index is 3030. The molecule has 2 nitrogen and oxygen atoms in total. The highest BCUT2D eigenvalue weighted by atomic mass is 32.1. The predicted molar refractivity (Wildman–Crippen MR) is 219 cm³/mol. The van der Waals surface area contributed by atoms with E-state index in [2.05, 4.69) is 146 Å². The van der Waals surface area contributed by atoms with Crippen molar-refractivity contribution in [3.8, 4) is 61.7 Å². The summed E-state index contributed by atoms with van der Waals surface area (Å²) < 4.78 is 8.80. The fourth-order valence-electron chi connectivity index (χ4n) is 7.78. The molecule has 0 aliphatic rings. The fraction of sp³-hybridized carbons (Fsp3) is 0. The molecule has 0 fully saturated rings. The predicted octanol–water partition coefficient (Wildman–Crippen LogP) is 14.2. The molecular formula is C49H29NOS. The van der Waals surface area contributed by atoms with Crippen LogP contribution in [0.1, 0.15) is 5.56 Å². The molecule has 0 amide bonds. The molecule has 0 radical (unpaired) electrons. The fourth-order valence-corrected chi connectivity index (χ4v) is 8.91. The van der Waals surface area contributed by atoms with Crippen molar-refractivity contribution in [2.75, 3.05) is 0 Å². The van der Waals surface area contributed by atoms with Gasteiger partial charge < -0.3 is 4.42 Å². The Morgan fingerprint density at radius 3 is 1.96 bits per heavy atom. The molecule has 0 unspecified atom stereocenters. The Hall–Kier alpha value is -6.73. The number of fused-ring (bicyclic) bond motifs is 6. The number of nitriles is 1. The first-order valence-electron chi connectivity index (χ1n) is 17.4. The average Bonchev–Trinajstić information content (AvgIpc) is 3.79. The van der Waals surface area contributed by atoms with E-state index in [0.717, 1.165) is 72.0 Å². The number of rotatable bonds is 5. The molecule has 0 saturated carbocycles. The van der Waals surface area contributed by atoms with E-state index in [-0.39, 0.29) is 0 Å². The van der Waals surface area contributed by atoms with Crippen LogP contribution in [0.5, 0.6) is 0 Å². The van der Waals surface area contributed by atoms with Crippen LogP contribution in [0.2, 0.25) is 0 Å². The van der Waals surface area contributed by atoms with Crippen LogP contribution < -0.4 is 0 Å². The monoisotopic (exact) mass is 679 g/mol. The van der Waals surface area contributed by atoms with Crippen LogP contribution in [0.25, 0.3) is 97.7 Å². The molecule has 10 aromatic rings. The first-order chi connectivity index (χ1) is 25.7. The van der Waals surface area contributed by atoms with Gasteiger partial charge in [-0.2, -0.15) is 5.26 Å². The van der Waals surface area contributed by atoms with E-state index < -0.39 is 0 Å². The van der Waals surface area contributed by atoms with Crippen molar-refractivity contribution in [3.63, 3.8) is 0 Å². The molecule has 2 heterocycles. The van der Waals surface area contributed by atoms with Crippen molar-refractivity contribution in [1.29, 1.82) is 5.26 Å². The Labute approximate surface area is 305 Å². The number of para-hydroxylation sites is 1. The van der Waals surface area contributed by atoms with Crippen molar-refractivity contribution in [2.45, 2.75) is 0 Å². The van der Waals surface area contributed by atoms with E-state index in [9.17, 15) is 5.26 Å². The van der Waals surface area contributed by atoms with Crippen molar-refractivity contribution >= 4 is 53.4 Å². The molecule has 0 aliphatic carbocycles. The minimum atomic E-state index is 0.652. The lowest BCUT2D eigenvalue weighted by Crippen LogP contribution is -1.94. The number of hydrogen-bond donors (Lipinski definition) is 0. The summed E-state index contributed by atoms with van der Waals surface area (Å²) in [4.78, 5) is 0. The number of hydrogen-bond acceptors (Lipinski definition) is 3. The lowest BCUT2D eigenvalue weighted by molar-refractivity contribution is 0.669. The summed E-state index contributed by atoms with van der Waals surface area (Å²) in [6.45, 7) is 0. The summed E-state index contributed by atoms with van der Waals surface area (Å²) in [7, 11) is 0. The summed E-state index contributed by atoms with van der Waals surface area (Å²) >= 11 is 1.84.